The van der Waals surface area contributed by atoms with Gasteiger partial charge in [-0.25, -0.2) is 0 Å². The number of rotatable bonds is 6. The van der Waals surface area contributed by atoms with Gasteiger partial charge in [-0.1, -0.05) is 30.3 Å². The molecule has 5 rings (SSSR count). The van der Waals surface area contributed by atoms with E-state index >= 15 is 0 Å². The van der Waals surface area contributed by atoms with Gasteiger partial charge in [-0.15, -0.1) is 0 Å². The number of nitrogens with zero attached hydrogens (tertiary/aromatic N) is 2. The molecule has 3 heterocycles. The lowest BCUT2D eigenvalue weighted by Crippen LogP contribution is -2.28. The quantitative estimate of drug-likeness (QED) is 0.472. The first-order chi connectivity index (χ1) is 15.7. The molecule has 0 radical (unpaired) electrons. The van der Waals surface area contributed by atoms with Crippen LogP contribution >= 0.6 is 0 Å². The van der Waals surface area contributed by atoms with Crippen LogP contribution < -0.4 is 15.0 Å². The number of hydrogen-bond acceptors (Lipinski definition) is 4. The van der Waals surface area contributed by atoms with E-state index in [4.69, 9.17) is 4.74 Å². The van der Waals surface area contributed by atoms with Gasteiger partial charge >= 0.3 is 0 Å². The number of hydrogen-bond donors (Lipinski definition) is 2. The van der Waals surface area contributed by atoms with Crippen molar-refractivity contribution in [3.63, 3.8) is 0 Å². The highest BCUT2D eigenvalue weighted by atomic mass is 16.5. The largest absolute Gasteiger partial charge is 0.495 e. The van der Waals surface area contributed by atoms with Gasteiger partial charge in [0.15, 0.2) is 0 Å². The van der Waals surface area contributed by atoms with Gasteiger partial charge in [-0.05, 0) is 49.1 Å². The average Bonchev–Trinajstić information content (AvgIpc) is 3.26. The predicted molar refractivity (Wildman–Crippen MR) is 127 cm³/mol. The van der Waals surface area contributed by atoms with Crippen LogP contribution in [0.15, 0.2) is 67.0 Å². The van der Waals surface area contributed by atoms with E-state index in [2.05, 4.69) is 32.3 Å². The molecule has 6 heteroatoms. The molecule has 162 valence electrons. The second kappa shape index (κ2) is 8.75. The molecule has 0 unspecified atom stereocenters. The van der Waals surface area contributed by atoms with Gasteiger partial charge in [-0.2, -0.15) is 0 Å². The Hall–Kier alpha value is -3.80. The third-order valence-corrected chi connectivity index (χ3v) is 6.03. The summed E-state index contributed by atoms with van der Waals surface area (Å²) in [7, 11) is 1.68. The van der Waals surface area contributed by atoms with Gasteiger partial charge in [0, 0.05) is 36.4 Å². The van der Waals surface area contributed by atoms with Crippen molar-refractivity contribution in [2.75, 3.05) is 25.1 Å². The lowest BCUT2D eigenvalue weighted by atomic mass is 10.0. The van der Waals surface area contributed by atoms with Crippen molar-refractivity contribution in [1.29, 1.82) is 0 Å². The van der Waals surface area contributed by atoms with Crippen LogP contribution in [-0.2, 0) is 12.8 Å². The van der Waals surface area contributed by atoms with Crippen LogP contribution in [0.4, 0.5) is 11.4 Å². The third-order valence-electron chi connectivity index (χ3n) is 6.03. The minimum absolute atomic E-state index is 0.106. The Morgan fingerprint density at radius 1 is 1.16 bits per heavy atom. The summed E-state index contributed by atoms with van der Waals surface area (Å²) < 4.78 is 5.57. The number of nitrogens with one attached hydrogen (secondary N) is 2. The highest BCUT2D eigenvalue weighted by Gasteiger charge is 2.23. The van der Waals surface area contributed by atoms with Crippen LogP contribution in [0.5, 0.6) is 5.75 Å². The molecular formula is C26H26N4O2. The smallest absolute Gasteiger partial charge is 0.252 e. The molecule has 1 aliphatic heterocycles. The van der Waals surface area contributed by atoms with E-state index in [0.717, 1.165) is 54.1 Å². The molecule has 0 atom stereocenters. The summed E-state index contributed by atoms with van der Waals surface area (Å²) in [5.74, 6) is 0.708. The summed E-state index contributed by atoms with van der Waals surface area (Å²) in [6.07, 6.45) is 6.38. The van der Waals surface area contributed by atoms with E-state index < -0.39 is 0 Å². The van der Waals surface area contributed by atoms with Crippen molar-refractivity contribution in [3.05, 3.63) is 83.8 Å². The maximum atomic E-state index is 12.9. The molecule has 1 amide bonds. The maximum absolute atomic E-state index is 12.9. The summed E-state index contributed by atoms with van der Waals surface area (Å²) in [5.41, 5.74) is 5.87. The fourth-order valence-corrected chi connectivity index (χ4v) is 4.41. The van der Waals surface area contributed by atoms with Crippen molar-refractivity contribution in [2.24, 2.45) is 0 Å². The SMILES string of the molecule is COc1ccccc1N1CCCc2ncc(C(=O)NCCc3c[nH]c4ccccc34)cc21. The van der Waals surface area contributed by atoms with E-state index in [0.29, 0.717) is 12.1 Å². The topological polar surface area (TPSA) is 70.2 Å². The number of benzene rings is 2. The Morgan fingerprint density at radius 2 is 2.00 bits per heavy atom. The normalized spacial score (nSPS) is 13.1. The molecule has 2 aromatic carbocycles. The molecule has 0 aliphatic carbocycles. The Labute approximate surface area is 187 Å². The van der Waals surface area contributed by atoms with Gasteiger partial charge in [0.25, 0.3) is 5.91 Å². The lowest BCUT2D eigenvalue weighted by molar-refractivity contribution is 0.0954. The molecule has 0 saturated heterocycles. The number of aromatic nitrogens is 2. The fourth-order valence-electron chi connectivity index (χ4n) is 4.41. The molecule has 4 aromatic rings. The third kappa shape index (κ3) is 3.80. The minimum atomic E-state index is -0.106. The van der Waals surface area contributed by atoms with Crippen LogP contribution in [0.2, 0.25) is 0 Å². The number of para-hydroxylation sites is 3. The Kier molecular flexibility index (Phi) is 5.50. The number of carbonyl (C=O) groups excluding carboxylic acids is 1. The van der Waals surface area contributed by atoms with Gasteiger partial charge in [0.05, 0.1) is 29.7 Å². The van der Waals surface area contributed by atoms with E-state index in [9.17, 15) is 4.79 Å². The summed E-state index contributed by atoms with van der Waals surface area (Å²) >= 11 is 0. The first-order valence-electron chi connectivity index (χ1n) is 11.0. The summed E-state index contributed by atoms with van der Waals surface area (Å²) in [6.45, 7) is 1.43. The number of amides is 1. The number of pyridine rings is 1. The van der Waals surface area contributed by atoms with E-state index in [1.54, 1.807) is 13.3 Å². The van der Waals surface area contributed by atoms with Crippen molar-refractivity contribution >= 4 is 28.2 Å². The second-order valence-corrected chi connectivity index (χ2v) is 7.98. The molecular weight excluding hydrogens is 400 g/mol. The standard InChI is InChI=1S/C26H26N4O2/c1-32-25-11-5-4-10-23(25)30-14-6-9-22-24(30)15-19(17-29-22)26(31)27-13-12-18-16-28-21-8-3-2-7-20(18)21/h2-5,7-8,10-11,15-17,28H,6,9,12-14H2,1H3,(H,27,31). The highest BCUT2D eigenvalue weighted by molar-refractivity contribution is 5.95. The number of aryl methyl sites for hydroxylation is 1. The monoisotopic (exact) mass is 426 g/mol. The van der Waals surface area contributed by atoms with Crippen molar-refractivity contribution in [2.45, 2.75) is 19.3 Å². The minimum Gasteiger partial charge on any atom is -0.495 e. The molecule has 1 aliphatic rings. The van der Waals surface area contributed by atoms with E-state index in [1.807, 2.05) is 48.7 Å². The van der Waals surface area contributed by atoms with Crippen molar-refractivity contribution < 1.29 is 9.53 Å². The molecule has 6 nitrogen and oxygen atoms in total. The van der Waals surface area contributed by atoms with Gasteiger partial charge < -0.3 is 19.9 Å². The number of ether oxygens (including phenoxy) is 1. The van der Waals surface area contributed by atoms with Crippen molar-refractivity contribution in [3.8, 4) is 5.75 Å². The Bertz CT molecular complexity index is 1260. The number of aromatic amines is 1. The van der Waals surface area contributed by atoms with Crippen LogP contribution in [0.25, 0.3) is 10.9 Å². The molecule has 2 N–H and O–H groups in total. The number of H-pyrrole nitrogens is 1. The number of methoxy groups -OCH3 is 1. The first-order valence-corrected chi connectivity index (χ1v) is 11.0. The zero-order valence-corrected chi connectivity index (χ0v) is 18.1. The summed E-state index contributed by atoms with van der Waals surface area (Å²) in [5, 5.41) is 4.25. The van der Waals surface area contributed by atoms with Gasteiger partial charge in [0.1, 0.15) is 5.75 Å². The van der Waals surface area contributed by atoms with Gasteiger partial charge in [0.2, 0.25) is 0 Å². The van der Waals surface area contributed by atoms with E-state index in [1.165, 1.54) is 10.9 Å². The molecule has 32 heavy (non-hydrogen) atoms. The Morgan fingerprint density at radius 3 is 2.91 bits per heavy atom. The Balaban J connectivity index is 1.33. The number of anilines is 2. The van der Waals surface area contributed by atoms with E-state index in [-0.39, 0.29) is 5.91 Å². The lowest BCUT2D eigenvalue weighted by Gasteiger charge is -2.31. The zero-order valence-electron chi connectivity index (χ0n) is 18.1. The van der Waals surface area contributed by atoms with Crippen LogP contribution in [0.1, 0.15) is 28.0 Å². The van der Waals surface area contributed by atoms with Gasteiger partial charge in [-0.3, -0.25) is 9.78 Å². The average molecular weight is 427 g/mol. The molecule has 2 aromatic heterocycles. The second-order valence-electron chi connectivity index (χ2n) is 7.98. The van der Waals surface area contributed by atoms with Crippen LogP contribution in [0, 0.1) is 0 Å². The van der Waals surface area contributed by atoms with Crippen LogP contribution in [0.3, 0.4) is 0 Å². The summed E-state index contributed by atoms with van der Waals surface area (Å²) in [4.78, 5) is 23.0. The molecule has 0 bridgehead atoms. The molecule has 0 saturated carbocycles. The van der Waals surface area contributed by atoms with Crippen molar-refractivity contribution in [1.82, 2.24) is 15.3 Å². The summed E-state index contributed by atoms with van der Waals surface area (Å²) in [6, 6.07) is 18.1. The number of carbonyl (C=O) groups is 1. The number of fused-ring (bicyclic) bond motifs is 2. The highest BCUT2D eigenvalue weighted by Crippen LogP contribution is 2.38. The fraction of sp³-hybridized carbons (Fsp3) is 0.231. The maximum Gasteiger partial charge on any atom is 0.252 e. The molecule has 0 spiro atoms. The molecule has 0 fully saturated rings. The zero-order chi connectivity index (χ0) is 21.9. The first kappa shape index (κ1) is 20.1. The predicted octanol–water partition coefficient (Wildman–Crippen LogP) is 4.63. The van der Waals surface area contributed by atoms with Crippen LogP contribution in [-0.4, -0.2) is 36.1 Å².